The Kier molecular flexibility index (Phi) is 3.63. The van der Waals surface area contributed by atoms with Gasteiger partial charge >= 0.3 is 0 Å². The van der Waals surface area contributed by atoms with Crippen molar-refractivity contribution in [3.05, 3.63) is 11.5 Å². The first-order valence-corrected chi connectivity index (χ1v) is 5.22. The molecule has 0 amide bonds. The van der Waals surface area contributed by atoms with Gasteiger partial charge in [0.1, 0.15) is 5.82 Å². The highest BCUT2D eigenvalue weighted by Crippen LogP contribution is 2.26. The molecular weight excluding hydrogens is 200 g/mol. The third-order valence-electron chi connectivity index (χ3n) is 2.09. The highest BCUT2D eigenvalue weighted by atomic mass is 35.5. The summed E-state index contributed by atoms with van der Waals surface area (Å²) in [4.78, 5) is 8.26. The summed E-state index contributed by atoms with van der Waals surface area (Å²) in [6, 6.07) is 0. The predicted octanol–water partition coefficient (Wildman–Crippen LogP) is 1.21. The van der Waals surface area contributed by atoms with Gasteiger partial charge in [0.05, 0.1) is 18.7 Å². The van der Waals surface area contributed by atoms with Crippen LogP contribution in [0, 0.1) is 0 Å². The van der Waals surface area contributed by atoms with Gasteiger partial charge in [0.25, 0.3) is 0 Å². The number of likely N-dealkylation sites (N-methyl/N-ethyl adjacent to an activating group) is 1. The van der Waals surface area contributed by atoms with Gasteiger partial charge in [-0.2, -0.15) is 0 Å². The Labute approximate surface area is 90.2 Å². The second kappa shape index (κ2) is 4.55. The molecule has 1 unspecified atom stereocenters. The van der Waals surface area contributed by atoms with Gasteiger partial charge in [-0.25, -0.2) is 4.99 Å². The second-order valence-corrected chi connectivity index (χ2v) is 3.44. The summed E-state index contributed by atoms with van der Waals surface area (Å²) in [5, 5.41) is 3.08. The van der Waals surface area contributed by atoms with Crippen molar-refractivity contribution >= 4 is 17.9 Å². The number of hydrogen-bond acceptors (Lipinski definition) is 4. The van der Waals surface area contributed by atoms with Crippen LogP contribution in [0.5, 0.6) is 0 Å². The molecule has 80 valence electrons. The average molecular weight is 217 g/mol. The Morgan fingerprint density at radius 1 is 1.43 bits per heavy atom. The quantitative estimate of drug-likeness (QED) is 0.488. The molecule has 0 fully saturated rings. The van der Waals surface area contributed by atoms with Gasteiger partial charge in [0.2, 0.25) is 0 Å². The van der Waals surface area contributed by atoms with Crippen LogP contribution in [0.2, 0.25) is 0 Å². The van der Waals surface area contributed by atoms with Gasteiger partial charge in [-0.15, -0.1) is 0 Å². The molecule has 2 rings (SSSR count). The number of nitrogens with one attached hydrogen (secondary N) is 1. The Bertz CT molecular complexity index is 262. The Balaban J connectivity index is 0.000000461. The lowest BCUT2D eigenvalue weighted by Crippen LogP contribution is -2.28. The van der Waals surface area contributed by atoms with Crippen LogP contribution in [0.1, 0.15) is 13.8 Å². The van der Waals surface area contributed by atoms with Crippen molar-refractivity contribution in [3.8, 4) is 0 Å². The van der Waals surface area contributed by atoms with Gasteiger partial charge in [-0.1, -0.05) is 25.4 Å². The zero-order chi connectivity index (χ0) is 10.7. The highest BCUT2D eigenvalue weighted by Gasteiger charge is 2.30. The summed E-state index contributed by atoms with van der Waals surface area (Å²) in [6.07, 6.45) is 1.64. The van der Waals surface area contributed by atoms with Crippen LogP contribution in [0.25, 0.3) is 0 Å². The van der Waals surface area contributed by atoms with E-state index in [0.717, 1.165) is 18.2 Å². The van der Waals surface area contributed by atoms with Crippen LogP contribution < -0.4 is 5.32 Å². The van der Waals surface area contributed by atoms with E-state index in [0.29, 0.717) is 0 Å². The van der Waals surface area contributed by atoms with E-state index in [2.05, 4.69) is 20.1 Å². The zero-order valence-corrected chi connectivity index (χ0v) is 9.84. The van der Waals surface area contributed by atoms with E-state index in [4.69, 9.17) is 11.6 Å². The van der Waals surface area contributed by atoms with Crippen molar-refractivity contribution in [2.45, 2.75) is 19.3 Å². The number of nitrogens with zero attached hydrogens (tertiary/aromatic N) is 3. The molecule has 0 saturated heterocycles. The van der Waals surface area contributed by atoms with Crippen molar-refractivity contribution in [2.24, 2.45) is 4.99 Å². The molecule has 0 spiro atoms. The van der Waals surface area contributed by atoms with Crippen LogP contribution in [0.15, 0.2) is 16.5 Å². The minimum atomic E-state index is -0.240. The molecule has 14 heavy (non-hydrogen) atoms. The number of rotatable bonds is 0. The third-order valence-corrected chi connectivity index (χ3v) is 2.41. The van der Waals surface area contributed by atoms with Crippen molar-refractivity contribution in [1.29, 1.82) is 0 Å². The molecule has 0 aromatic carbocycles. The molecule has 0 aliphatic carbocycles. The first kappa shape index (κ1) is 11.2. The van der Waals surface area contributed by atoms with Crippen molar-refractivity contribution in [3.63, 3.8) is 0 Å². The van der Waals surface area contributed by atoms with E-state index in [9.17, 15) is 0 Å². The predicted molar refractivity (Wildman–Crippen MR) is 60.0 cm³/mol. The fourth-order valence-corrected chi connectivity index (χ4v) is 1.88. The summed E-state index contributed by atoms with van der Waals surface area (Å²) >= 11 is 6.01. The zero-order valence-electron chi connectivity index (χ0n) is 9.08. The molecule has 1 atom stereocenters. The second-order valence-electron chi connectivity index (χ2n) is 3.03. The molecule has 4 nitrogen and oxygen atoms in total. The maximum Gasteiger partial charge on any atom is 0.168 e. The number of aliphatic imine (C=N–C) groups is 1. The summed E-state index contributed by atoms with van der Waals surface area (Å²) in [7, 11) is 4.03. The van der Waals surface area contributed by atoms with Gasteiger partial charge in [0.15, 0.2) is 5.50 Å². The summed E-state index contributed by atoms with van der Waals surface area (Å²) < 4.78 is 0. The lowest BCUT2D eigenvalue weighted by Gasteiger charge is -2.19. The van der Waals surface area contributed by atoms with Crippen LogP contribution in [-0.4, -0.2) is 42.4 Å². The van der Waals surface area contributed by atoms with Gasteiger partial charge in [-0.3, -0.25) is 0 Å². The fourth-order valence-electron chi connectivity index (χ4n) is 1.55. The van der Waals surface area contributed by atoms with E-state index in [1.807, 2.05) is 27.9 Å². The van der Waals surface area contributed by atoms with Crippen LogP contribution >= 0.6 is 11.6 Å². The first-order chi connectivity index (χ1) is 6.70. The summed E-state index contributed by atoms with van der Waals surface area (Å²) in [5.41, 5.74) is 0.817. The number of hydrogen-bond donors (Lipinski definition) is 1. The molecule has 0 saturated carbocycles. The largest absolute Gasteiger partial charge is 0.354 e. The normalized spacial score (nSPS) is 24.2. The van der Waals surface area contributed by atoms with E-state index in [-0.39, 0.29) is 5.50 Å². The fraction of sp³-hybridized carbons (Fsp3) is 0.667. The van der Waals surface area contributed by atoms with Crippen molar-refractivity contribution < 1.29 is 0 Å². The summed E-state index contributed by atoms with van der Waals surface area (Å²) in [5.74, 6) is 1.06. The topological polar surface area (TPSA) is 30.9 Å². The molecule has 0 radical (unpaired) electrons. The van der Waals surface area contributed by atoms with Crippen LogP contribution in [0.4, 0.5) is 0 Å². The molecule has 0 aromatic heterocycles. The van der Waals surface area contributed by atoms with Gasteiger partial charge < -0.3 is 15.1 Å². The first-order valence-electron chi connectivity index (χ1n) is 4.79. The molecule has 0 aromatic rings. The Morgan fingerprint density at radius 2 is 2.07 bits per heavy atom. The SMILES string of the molecule is CC.CN1CN(C)C2=C1NC=NC2Cl. The standard InChI is InChI=1S/C7H11ClN4.C2H6/c1-11-4-12(2)7-5(11)6(8)9-3-10-7;1-2/h3,6H,4H2,1-2H3,(H,9,10);1-2H3. The van der Waals surface area contributed by atoms with E-state index >= 15 is 0 Å². The minimum Gasteiger partial charge on any atom is -0.354 e. The van der Waals surface area contributed by atoms with Crippen molar-refractivity contribution in [2.75, 3.05) is 20.8 Å². The highest BCUT2D eigenvalue weighted by molar-refractivity contribution is 6.22. The van der Waals surface area contributed by atoms with E-state index in [1.54, 1.807) is 6.34 Å². The lowest BCUT2D eigenvalue weighted by molar-refractivity contribution is 0.312. The maximum atomic E-state index is 6.01. The van der Waals surface area contributed by atoms with Gasteiger partial charge in [0, 0.05) is 14.1 Å². The lowest BCUT2D eigenvalue weighted by atomic mass is 10.4. The minimum absolute atomic E-state index is 0.240. The molecule has 2 aliphatic rings. The smallest absolute Gasteiger partial charge is 0.168 e. The molecule has 2 aliphatic heterocycles. The average Bonchev–Trinajstić information content (AvgIpc) is 2.47. The van der Waals surface area contributed by atoms with Gasteiger partial charge in [-0.05, 0) is 0 Å². The number of alkyl halides is 1. The van der Waals surface area contributed by atoms with E-state index in [1.165, 1.54) is 0 Å². The monoisotopic (exact) mass is 216 g/mol. The molecule has 1 N–H and O–H groups in total. The van der Waals surface area contributed by atoms with E-state index < -0.39 is 0 Å². The van der Waals surface area contributed by atoms with Crippen LogP contribution in [0.3, 0.4) is 0 Å². The maximum absolute atomic E-state index is 6.01. The molecule has 0 bridgehead atoms. The van der Waals surface area contributed by atoms with Crippen molar-refractivity contribution in [1.82, 2.24) is 15.1 Å². The molecular formula is C9H17ClN4. The molecule has 2 heterocycles. The molecule has 5 heteroatoms. The van der Waals surface area contributed by atoms with Crippen LogP contribution in [-0.2, 0) is 0 Å². The summed E-state index contributed by atoms with van der Waals surface area (Å²) in [6.45, 7) is 4.87. The Morgan fingerprint density at radius 3 is 2.64 bits per heavy atom. The Hall–Kier alpha value is -0.900. The third kappa shape index (κ3) is 1.80. The number of halogens is 1.